The molecule has 0 aromatic carbocycles. The third kappa shape index (κ3) is 5.34. The molecule has 0 aromatic heterocycles. The fourth-order valence-electron chi connectivity index (χ4n) is 1.20. The molecule has 3 N–H and O–H groups in total. The molecule has 88 valence electrons. The summed E-state index contributed by atoms with van der Waals surface area (Å²) in [6, 6.07) is 0. The highest BCUT2D eigenvalue weighted by atomic mass is 16.4. The molecule has 6 heteroatoms. The van der Waals surface area contributed by atoms with Crippen LogP contribution in [0.25, 0.3) is 0 Å². The van der Waals surface area contributed by atoms with Crippen LogP contribution in [-0.2, 0) is 9.59 Å². The maximum Gasteiger partial charge on any atom is 0.303 e. The van der Waals surface area contributed by atoms with Gasteiger partial charge in [-0.05, 0) is 5.41 Å². The number of aliphatic hydroxyl groups excluding tert-OH is 2. The maximum absolute atomic E-state index is 11.4. The fraction of sp³-hybridized carbons (Fsp3) is 0.778. The molecule has 0 aliphatic heterocycles. The van der Waals surface area contributed by atoms with Gasteiger partial charge in [0.25, 0.3) is 0 Å². The van der Waals surface area contributed by atoms with E-state index in [9.17, 15) is 9.59 Å². The van der Waals surface area contributed by atoms with Crippen LogP contribution in [0.15, 0.2) is 0 Å². The second kappa shape index (κ2) is 5.67. The Labute approximate surface area is 88.1 Å². The Morgan fingerprint density at radius 1 is 1.13 bits per heavy atom. The smallest absolute Gasteiger partial charge is 0.303 e. The van der Waals surface area contributed by atoms with Crippen LogP contribution in [0.1, 0.15) is 26.7 Å². The lowest BCUT2D eigenvalue weighted by Crippen LogP contribution is -2.36. The number of nitrogens with zero attached hydrogens (tertiary/aromatic N) is 1. The Bertz CT molecular complexity index is 235. The van der Waals surface area contributed by atoms with Crippen molar-refractivity contribution >= 4 is 11.9 Å². The van der Waals surface area contributed by atoms with Crippen LogP contribution in [0.4, 0.5) is 0 Å². The van der Waals surface area contributed by atoms with E-state index in [0.717, 1.165) is 4.90 Å². The predicted octanol–water partition coefficient (Wildman–Crippen LogP) is -0.394. The molecule has 0 rings (SSSR count). The Morgan fingerprint density at radius 2 is 1.60 bits per heavy atom. The molecule has 0 atom stereocenters. The lowest BCUT2D eigenvalue weighted by molar-refractivity contribution is -0.144. The highest BCUT2D eigenvalue weighted by Gasteiger charge is 2.27. The zero-order chi connectivity index (χ0) is 12.1. The van der Waals surface area contributed by atoms with Crippen molar-refractivity contribution in [2.45, 2.75) is 26.7 Å². The minimum Gasteiger partial charge on any atom is -0.481 e. The van der Waals surface area contributed by atoms with Crippen LogP contribution in [0, 0.1) is 5.41 Å². The number of rotatable bonds is 6. The van der Waals surface area contributed by atoms with Crippen LogP contribution in [0.3, 0.4) is 0 Å². The molecule has 0 radical (unpaired) electrons. The summed E-state index contributed by atoms with van der Waals surface area (Å²) >= 11 is 0. The minimum atomic E-state index is -0.979. The molecule has 1 amide bonds. The van der Waals surface area contributed by atoms with Crippen molar-refractivity contribution in [3.8, 4) is 0 Å². The molecular weight excluding hydrogens is 202 g/mol. The summed E-state index contributed by atoms with van der Waals surface area (Å²) in [5, 5.41) is 26.0. The summed E-state index contributed by atoms with van der Waals surface area (Å²) in [4.78, 5) is 22.7. The second-order valence-electron chi connectivity index (χ2n) is 4.13. The summed E-state index contributed by atoms with van der Waals surface area (Å²) in [5.41, 5.74) is -0.689. The van der Waals surface area contributed by atoms with Gasteiger partial charge in [-0.15, -0.1) is 0 Å². The molecule has 0 aliphatic rings. The van der Waals surface area contributed by atoms with Crippen LogP contribution < -0.4 is 0 Å². The Morgan fingerprint density at radius 3 is 1.93 bits per heavy atom. The van der Waals surface area contributed by atoms with Crippen LogP contribution in [0.5, 0.6) is 0 Å². The predicted molar refractivity (Wildman–Crippen MR) is 51.7 cm³/mol. The van der Waals surface area contributed by atoms with Gasteiger partial charge in [-0.3, -0.25) is 14.5 Å². The number of carbonyl (C=O) groups excluding carboxylic acids is 1. The van der Waals surface area contributed by atoms with Crippen LogP contribution in [0.2, 0.25) is 0 Å². The average molecular weight is 219 g/mol. The van der Waals surface area contributed by atoms with Gasteiger partial charge < -0.3 is 15.3 Å². The van der Waals surface area contributed by atoms with Gasteiger partial charge in [0.1, 0.15) is 13.5 Å². The number of aliphatic hydroxyl groups is 2. The quantitative estimate of drug-likeness (QED) is 0.528. The van der Waals surface area contributed by atoms with E-state index in [-0.39, 0.29) is 12.8 Å². The van der Waals surface area contributed by atoms with Gasteiger partial charge in [-0.2, -0.15) is 0 Å². The van der Waals surface area contributed by atoms with Crippen LogP contribution >= 0.6 is 0 Å². The third-order valence-corrected chi connectivity index (χ3v) is 1.95. The number of aliphatic carboxylic acids is 1. The summed E-state index contributed by atoms with van der Waals surface area (Å²) in [5.74, 6) is -1.45. The number of amides is 1. The SMILES string of the molecule is CC(C)(CC(=O)O)CC(=O)N(CO)CO. The molecule has 0 spiro atoms. The van der Waals surface area contributed by atoms with Gasteiger partial charge in [-0.25, -0.2) is 0 Å². The van der Waals surface area contributed by atoms with E-state index in [4.69, 9.17) is 15.3 Å². The molecule has 0 aliphatic carbocycles. The van der Waals surface area contributed by atoms with E-state index in [2.05, 4.69) is 0 Å². The monoisotopic (exact) mass is 219 g/mol. The van der Waals surface area contributed by atoms with E-state index in [1.165, 1.54) is 0 Å². The second-order valence-corrected chi connectivity index (χ2v) is 4.13. The van der Waals surface area contributed by atoms with E-state index >= 15 is 0 Å². The highest BCUT2D eigenvalue weighted by molar-refractivity contribution is 5.77. The molecule has 0 saturated carbocycles. The van der Waals surface area contributed by atoms with E-state index in [0.29, 0.717) is 0 Å². The largest absolute Gasteiger partial charge is 0.481 e. The molecule has 6 nitrogen and oxygen atoms in total. The Hall–Kier alpha value is -1.14. The van der Waals surface area contributed by atoms with Crippen molar-refractivity contribution in [3.63, 3.8) is 0 Å². The zero-order valence-electron chi connectivity index (χ0n) is 8.93. The summed E-state index contributed by atoms with van der Waals surface area (Å²) < 4.78 is 0. The van der Waals surface area contributed by atoms with Gasteiger partial charge >= 0.3 is 5.97 Å². The van der Waals surface area contributed by atoms with Crippen molar-refractivity contribution in [3.05, 3.63) is 0 Å². The number of carboxylic acid groups (broad SMARTS) is 1. The molecule has 0 aromatic rings. The molecule has 0 unspecified atom stereocenters. The third-order valence-electron chi connectivity index (χ3n) is 1.95. The zero-order valence-corrected chi connectivity index (χ0v) is 8.93. The van der Waals surface area contributed by atoms with Gasteiger partial charge in [0.2, 0.25) is 5.91 Å². The topological polar surface area (TPSA) is 98.1 Å². The molecule has 0 fully saturated rings. The molecule has 0 saturated heterocycles. The normalized spacial score (nSPS) is 11.2. The van der Waals surface area contributed by atoms with Gasteiger partial charge in [0.05, 0.1) is 6.42 Å². The van der Waals surface area contributed by atoms with Crippen molar-refractivity contribution < 1.29 is 24.9 Å². The minimum absolute atomic E-state index is 0.0274. The summed E-state index contributed by atoms with van der Waals surface area (Å²) in [6.07, 6.45) is -0.163. The van der Waals surface area contributed by atoms with Gasteiger partial charge in [-0.1, -0.05) is 13.8 Å². The number of hydrogen-bond donors (Lipinski definition) is 3. The molecular formula is C9H17NO5. The summed E-state index contributed by atoms with van der Waals surface area (Å²) in [6.45, 7) is 2.15. The van der Waals surface area contributed by atoms with Crippen molar-refractivity contribution in [1.82, 2.24) is 4.90 Å². The summed E-state index contributed by atoms with van der Waals surface area (Å²) in [7, 11) is 0. The Kier molecular flexibility index (Phi) is 5.24. The van der Waals surface area contributed by atoms with E-state index in [1.807, 2.05) is 0 Å². The first-order valence-corrected chi connectivity index (χ1v) is 4.53. The first kappa shape index (κ1) is 13.9. The lowest BCUT2D eigenvalue weighted by atomic mass is 9.85. The van der Waals surface area contributed by atoms with Crippen molar-refractivity contribution in [2.24, 2.45) is 5.41 Å². The van der Waals surface area contributed by atoms with Gasteiger partial charge in [0, 0.05) is 6.42 Å². The average Bonchev–Trinajstić information content (AvgIpc) is 2.02. The molecule has 0 heterocycles. The van der Waals surface area contributed by atoms with Crippen molar-refractivity contribution in [1.29, 1.82) is 0 Å². The van der Waals surface area contributed by atoms with E-state index < -0.39 is 30.8 Å². The molecule has 0 bridgehead atoms. The first-order chi connectivity index (χ1) is 6.82. The molecule has 15 heavy (non-hydrogen) atoms. The van der Waals surface area contributed by atoms with Gasteiger partial charge in [0.15, 0.2) is 0 Å². The number of carbonyl (C=O) groups is 2. The first-order valence-electron chi connectivity index (χ1n) is 4.53. The van der Waals surface area contributed by atoms with E-state index in [1.54, 1.807) is 13.8 Å². The number of carboxylic acids is 1. The lowest BCUT2D eigenvalue weighted by Gasteiger charge is -2.25. The van der Waals surface area contributed by atoms with Crippen molar-refractivity contribution in [2.75, 3.05) is 13.5 Å². The maximum atomic E-state index is 11.4. The fourth-order valence-corrected chi connectivity index (χ4v) is 1.20. The Balaban J connectivity index is 4.31. The number of hydrogen-bond acceptors (Lipinski definition) is 4. The highest BCUT2D eigenvalue weighted by Crippen LogP contribution is 2.25. The van der Waals surface area contributed by atoms with Crippen LogP contribution in [-0.4, -0.2) is 45.6 Å². The standard InChI is InChI=1S/C9H17NO5/c1-9(2,4-8(14)15)3-7(13)10(5-11)6-12/h11-12H,3-6H2,1-2H3,(H,14,15).